The highest BCUT2D eigenvalue weighted by atomic mass is 35.5. The molecule has 0 unspecified atom stereocenters. The van der Waals surface area contributed by atoms with Crippen LogP contribution in [0.3, 0.4) is 0 Å². The number of nitrogens with one attached hydrogen (secondary N) is 1. The van der Waals surface area contributed by atoms with Crippen LogP contribution in [0.25, 0.3) is 22.0 Å². The van der Waals surface area contributed by atoms with E-state index < -0.39 is 29.2 Å². The van der Waals surface area contributed by atoms with E-state index in [-0.39, 0.29) is 42.8 Å². The number of ether oxygens (including phenoxy) is 2. The molecule has 0 bridgehead atoms. The highest BCUT2D eigenvalue weighted by Gasteiger charge is 2.29. The minimum absolute atomic E-state index is 0.0690. The normalized spacial score (nSPS) is 11.4. The first kappa shape index (κ1) is 28.8. The SMILES string of the molecule is COC(=O)Cn1cnc2cc(C(=O)NCCOCc3ccc(C(F)(F)F)cc3)c(-c3cccc(Cl)c3)cc2c1=O. The van der Waals surface area contributed by atoms with Crippen molar-refractivity contribution >= 4 is 34.4 Å². The summed E-state index contributed by atoms with van der Waals surface area (Å²) in [6.07, 6.45) is -3.21. The van der Waals surface area contributed by atoms with E-state index in [0.29, 0.717) is 21.7 Å². The Morgan fingerprint density at radius 1 is 1.07 bits per heavy atom. The van der Waals surface area contributed by atoms with Gasteiger partial charge in [0.2, 0.25) is 0 Å². The summed E-state index contributed by atoms with van der Waals surface area (Å²) in [7, 11) is 1.21. The number of carbonyl (C=O) groups excluding carboxylic acids is 2. The summed E-state index contributed by atoms with van der Waals surface area (Å²) in [5.74, 6) is -1.08. The van der Waals surface area contributed by atoms with Crippen LogP contribution in [0.5, 0.6) is 0 Å². The summed E-state index contributed by atoms with van der Waals surface area (Å²) in [6.45, 7) is -0.0387. The number of benzene rings is 3. The second kappa shape index (κ2) is 12.3. The zero-order valence-corrected chi connectivity index (χ0v) is 21.9. The Labute approximate surface area is 231 Å². The standard InChI is InChI=1S/C28H23ClF3N3O5/c1-39-25(36)14-35-16-34-24-13-22(21(12-23(24)27(35)38)18-3-2-4-20(29)11-18)26(37)33-9-10-40-15-17-5-7-19(8-6-17)28(30,31)32/h2-8,11-13,16H,9-10,14-15H2,1H3,(H,33,37). The molecular formula is C28H23ClF3N3O5. The van der Waals surface area contributed by atoms with E-state index in [4.69, 9.17) is 16.3 Å². The topological polar surface area (TPSA) is 99.5 Å². The lowest BCUT2D eigenvalue weighted by Crippen LogP contribution is -2.28. The maximum absolute atomic E-state index is 13.2. The van der Waals surface area contributed by atoms with E-state index in [2.05, 4.69) is 15.0 Å². The summed E-state index contributed by atoms with van der Waals surface area (Å²) in [5, 5.41) is 3.36. The number of carbonyl (C=O) groups is 2. The molecule has 12 heteroatoms. The van der Waals surface area contributed by atoms with Crippen molar-refractivity contribution in [2.45, 2.75) is 19.3 Å². The number of nitrogens with zero attached hydrogens (tertiary/aromatic N) is 2. The Kier molecular flexibility index (Phi) is 8.86. The number of hydrogen-bond donors (Lipinski definition) is 1. The van der Waals surface area contributed by atoms with E-state index in [1.165, 1.54) is 37.7 Å². The van der Waals surface area contributed by atoms with E-state index in [1.54, 1.807) is 24.3 Å². The van der Waals surface area contributed by atoms with Crippen molar-refractivity contribution < 1.29 is 32.2 Å². The number of aromatic nitrogens is 2. The minimum atomic E-state index is -4.41. The number of rotatable bonds is 9. The van der Waals surface area contributed by atoms with Crippen LogP contribution in [0, 0.1) is 0 Å². The number of alkyl halides is 3. The molecule has 4 aromatic rings. The Morgan fingerprint density at radius 2 is 1.82 bits per heavy atom. The van der Waals surface area contributed by atoms with Crippen molar-refractivity contribution in [2.75, 3.05) is 20.3 Å². The number of methoxy groups -OCH3 is 1. The molecule has 0 aliphatic rings. The molecule has 1 N–H and O–H groups in total. The molecule has 208 valence electrons. The van der Waals surface area contributed by atoms with Gasteiger partial charge in [-0.2, -0.15) is 13.2 Å². The van der Waals surface area contributed by atoms with Crippen molar-refractivity contribution in [3.05, 3.63) is 99.1 Å². The second-order valence-electron chi connectivity index (χ2n) is 8.68. The van der Waals surface area contributed by atoms with Crippen molar-refractivity contribution in [3.63, 3.8) is 0 Å². The molecular weight excluding hydrogens is 551 g/mol. The Morgan fingerprint density at radius 3 is 2.50 bits per heavy atom. The van der Waals surface area contributed by atoms with Crippen LogP contribution >= 0.6 is 11.6 Å². The van der Waals surface area contributed by atoms with Crippen molar-refractivity contribution in [2.24, 2.45) is 0 Å². The summed E-state index contributed by atoms with van der Waals surface area (Å²) in [5.41, 5.74) is 0.819. The van der Waals surface area contributed by atoms with Crippen LogP contribution in [-0.2, 0) is 33.6 Å². The molecule has 40 heavy (non-hydrogen) atoms. The summed E-state index contributed by atoms with van der Waals surface area (Å²) >= 11 is 6.17. The molecule has 0 fully saturated rings. The highest BCUT2D eigenvalue weighted by Crippen LogP contribution is 2.30. The number of halogens is 4. The van der Waals surface area contributed by atoms with Gasteiger partial charge >= 0.3 is 12.1 Å². The fourth-order valence-corrected chi connectivity index (χ4v) is 4.11. The Hall–Kier alpha value is -4.22. The lowest BCUT2D eigenvalue weighted by Gasteiger charge is -2.13. The van der Waals surface area contributed by atoms with E-state index >= 15 is 0 Å². The van der Waals surface area contributed by atoms with E-state index in [1.807, 2.05) is 0 Å². The predicted octanol–water partition coefficient (Wildman–Crippen LogP) is 4.86. The second-order valence-corrected chi connectivity index (χ2v) is 9.12. The van der Waals surface area contributed by atoms with Gasteiger partial charge in [-0.05, 0) is 53.1 Å². The first-order chi connectivity index (χ1) is 19.1. The molecule has 8 nitrogen and oxygen atoms in total. The van der Waals surface area contributed by atoms with Crippen molar-refractivity contribution in [1.29, 1.82) is 0 Å². The maximum Gasteiger partial charge on any atom is 0.416 e. The molecule has 0 spiro atoms. The van der Waals surface area contributed by atoms with Gasteiger partial charge in [-0.15, -0.1) is 0 Å². The smallest absolute Gasteiger partial charge is 0.416 e. The molecule has 0 atom stereocenters. The lowest BCUT2D eigenvalue weighted by atomic mass is 9.97. The third-order valence-electron chi connectivity index (χ3n) is 5.95. The summed E-state index contributed by atoms with van der Waals surface area (Å²) < 4.78 is 49.4. The third-order valence-corrected chi connectivity index (χ3v) is 6.19. The van der Waals surface area contributed by atoms with Crippen LogP contribution in [0.4, 0.5) is 13.2 Å². The molecule has 1 aromatic heterocycles. The monoisotopic (exact) mass is 573 g/mol. The number of hydrogen-bond acceptors (Lipinski definition) is 6. The number of esters is 1. The molecule has 0 saturated heterocycles. The first-order valence-electron chi connectivity index (χ1n) is 11.9. The maximum atomic E-state index is 13.2. The van der Waals surface area contributed by atoms with E-state index in [9.17, 15) is 27.6 Å². The zero-order chi connectivity index (χ0) is 28.9. The molecule has 0 aliphatic carbocycles. The molecule has 1 amide bonds. The minimum Gasteiger partial charge on any atom is -0.468 e. The van der Waals surface area contributed by atoms with Crippen LogP contribution in [0.15, 0.2) is 71.8 Å². The average molecular weight is 574 g/mol. The van der Waals surface area contributed by atoms with Crippen LogP contribution in [0.1, 0.15) is 21.5 Å². The average Bonchev–Trinajstić information content (AvgIpc) is 2.93. The predicted molar refractivity (Wildman–Crippen MR) is 142 cm³/mol. The Balaban J connectivity index is 1.52. The largest absolute Gasteiger partial charge is 0.468 e. The molecule has 0 saturated carbocycles. The van der Waals surface area contributed by atoms with Crippen LogP contribution in [-0.4, -0.2) is 41.7 Å². The van der Waals surface area contributed by atoms with Crippen molar-refractivity contribution in [1.82, 2.24) is 14.9 Å². The fourth-order valence-electron chi connectivity index (χ4n) is 3.92. The molecule has 3 aromatic carbocycles. The quantitative estimate of drug-likeness (QED) is 0.227. The van der Waals surface area contributed by atoms with Gasteiger partial charge in [-0.25, -0.2) is 4.98 Å². The summed E-state index contributed by atoms with van der Waals surface area (Å²) in [6, 6.07) is 14.4. The fraction of sp³-hybridized carbons (Fsp3) is 0.214. The zero-order valence-electron chi connectivity index (χ0n) is 21.1. The molecule has 0 radical (unpaired) electrons. The van der Waals surface area contributed by atoms with Crippen LogP contribution < -0.4 is 10.9 Å². The number of fused-ring (bicyclic) bond motifs is 1. The third kappa shape index (κ3) is 6.85. The van der Waals surface area contributed by atoms with Gasteiger partial charge < -0.3 is 14.8 Å². The van der Waals surface area contributed by atoms with Gasteiger partial charge in [0.15, 0.2) is 0 Å². The summed E-state index contributed by atoms with van der Waals surface area (Å²) in [4.78, 5) is 42.2. The number of amides is 1. The molecule has 0 aliphatic heterocycles. The Bertz CT molecular complexity index is 1600. The van der Waals surface area contributed by atoms with Gasteiger partial charge in [0.05, 0.1) is 43.1 Å². The van der Waals surface area contributed by atoms with Gasteiger partial charge in [-0.3, -0.25) is 19.0 Å². The van der Waals surface area contributed by atoms with Crippen molar-refractivity contribution in [3.8, 4) is 11.1 Å². The van der Waals surface area contributed by atoms with Gasteiger partial charge in [0.1, 0.15) is 6.54 Å². The van der Waals surface area contributed by atoms with Gasteiger partial charge in [0, 0.05) is 17.1 Å². The first-order valence-corrected chi connectivity index (χ1v) is 12.3. The van der Waals surface area contributed by atoms with Crippen LogP contribution in [0.2, 0.25) is 5.02 Å². The highest BCUT2D eigenvalue weighted by molar-refractivity contribution is 6.30. The molecule has 1 heterocycles. The lowest BCUT2D eigenvalue weighted by molar-refractivity contribution is -0.141. The van der Waals surface area contributed by atoms with E-state index in [0.717, 1.165) is 16.7 Å². The van der Waals surface area contributed by atoms with Gasteiger partial charge in [-0.1, -0.05) is 35.9 Å². The molecule has 4 rings (SSSR count). The van der Waals surface area contributed by atoms with Gasteiger partial charge in [0.25, 0.3) is 11.5 Å².